The summed E-state index contributed by atoms with van der Waals surface area (Å²) in [5.74, 6) is 0.163. The highest BCUT2D eigenvalue weighted by molar-refractivity contribution is 8.00. The monoisotopic (exact) mass is 293 g/mol. The molecule has 0 aliphatic heterocycles. The highest BCUT2D eigenvalue weighted by Gasteiger charge is 2.07. The van der Waals surface area contributed by atoms with Gasteiger partial charge in [-0.3, -0.25) is 4.79 Å². The first kappa shape index (κ1) is 14.6. The zero-order valence-electron chi connectivity index (χ0n) is 9.24. The molecule has 0 saturated carbocycles. The van der Waals surface area contributed by atoms with Crippen LogP contribution in [0.2, 0.25) is 10.0 Å². The molecule has 0 bridgehead atoms. The van der Waals surface area contributed by atoms with Crippen LogP contribution in [0.25, 0.3) is 0 Å². The molecule has 0 aromatic heterocycles. The lowest BCUT2D eigenvalue weighted by Crippen LogP contribution is -2.16. The minimum atomic E-state index is -0.131. The molecular formula is C11H13Cl2NO2S. The fourth-order valence-electron chi connectivity index (χ4n) is 1.04. The van der Waals surface area contributed by atoms with Crippen molar-refractivity contribution in [2.75, 3.05) is 17.7 Å². The fraction of sp³-hybridized carbons (Fsp3) is 0.364. The van der Waals surface area contributed by atoms with Crippen LogP contribution in [-0.2, 0) is 4.79 Å². The SMILES string of the molecule is CC(CO)SCC(=O)Nc1ccc(Cl)c(Cl)c1. The first-order valence-electron chi connectivity index (χ1n) is 5.00. The lowest BCUT2D eigenvalue weighted by atomic mass is 10.3. The Kier molecular flexibility index (Phi) is 6.12. The molecule has 0 aliphatic rings. The predicted octanol–water partition coefficient (Wildman–Crippen LogP) is 3.05. The lowest BCUT2D eigenvalue weighted by Gasteiger charge is -2.08. The van der Waals surface area contributed by atoms with Gasteiger partial charge in [0.15, 0.2) is 0 Å². The Labute approximate surface area is 114 Å². The summed E-state index contributed by atoms with van der Waals surface area (Å²) >= 11 is 13.0. The number of thioether (sulfide) groups is 1. The quantitative estimate of drug-likeness (QED) is 0.877. The molecule has 1 aromatic carbocycles. The summed E-state index contributed by atoms with van der Waals surface area (Å²) in [5, 5.41) is 12.4. The van der Waals surface area contributed by atoms with Crippen molar-refractivity contribution < 1.29 is 9.90 Å². The lowest BCUT2D eigenvalue weighted by molar-refractivity contribution is -0.113. The van der Waals surface area contributed by atoms with Crippen molar-refractivity contribution in [2.45, 2.75) is 12.2 Å². The molecule has 94 valence electrons. The molecule has 2 N–H and O–H groups in total. The molecular weight excluding hydrogens is 281 g/mol. The third-order valence-electron chi connectivity index (χ3n) is 1.96. The van der Waals surface area contributed by atoms with Crippen LogP contribution in [0.15, 0.2) is 18.2 Å². The van der Waals surface area contributed by atoms with E-state index in [4.69, 9.17) is 28.3 Å². The Bertz CT molecular complexity index is 401. The molecule has 0 aliphatic carbocycles. The molecule has 6 heteroatoms. The number of hydrogen-bond donors (Lipinski definition) is 2. The number of carbonyl (C=O) groups excluding carboxylic acids is 1. The van der Waals surface area contributed by atoms with E-state index in [9.17, 15) is 4.79 Å². The Balaban J connectivity index is 2.48. The maximum Gasteiger partial charge on any atom is 0.234 e. The van der Waals surface area contributed by atoms with Crippen LogP contribution in [-0.4, -0.2) is 28.6 Å². The molecule has 1 unspecified atom stereocenters. The number of rotatable bonds is 5. The van der Waals surface area contributed by atoms with Gasteiger partial charge < -0.3 is 10.4 Å². The zero-order chi connectivity index (χ0) is 12.8. The Morgan fingerprint density at radius 2 is 2.18 bits per heavy atom. The number of anilines is 1. The molecule has 0 radical (unpaired) electrons. The van der Waals surface area contributed by atoms with Crippen LogP contribution in [0.3, 0.4) is 0 Å². The average Bonchev–Trinajstić information content (AvgIpc) is 2.31. The molecule has 0 heterocycles. The molecule has 1 aromatic rings. The Hall–Kier alpha value is -0.420. The van der Waals surface area contributed by atoms with Crippen molar-refractivity contribution in [3.05, 3.63) is 28.2 Å². The normalized spacial score (nSPS) is 12.2. The summed E-state index contributed by atoms with van der Waals surface area (Å²) in [6.45, 7) is 1.92. The highest BCUT2D eigenvalue weighted by Crippen LogP contribution is 2.25. The summed E-state index contributed by atoms with van der Waals surface area (Å²) < 4.78 is 0. The summed E-state index contributed by atoms with van der Waals surface area (Å²) in [7, 11) is 0. The molecule has 3 nitrogen and oxygen atoms in total. The minimum Gasteiger partial charge on any atom is -0.395 e. The molecule has 1 atom stereocenters. The Morgan fingerprint density at radius 1 is 1.47 bits per heavy atom. The Morgan fingerprint density at radius 3 is 2.76 bits per heavy atom. The number of carbonyl (C=O) groups is 1. The van der Waals surface area contributed by atoms with Crippen molar-refractivity contribution in [2.24, 2.45) is 0 Å². The van der Waals surface area contributed by atoms with Gasteiger partial charge in [-0.15, -0.1) is 11.8 Å². The van der Waals surface area contributed by atoms with Crippen LogP contribution in [0.4, 0.5) is 5.69 Å². The van der Waals surface area contributed by atoms with Crippen molar-refractivity contribution in [1.82, 2.24) is 0 Å². The maximum atomic E-state index is 11.5. The average molecular weight is 294 g/mol. The van der Waals surface area contributed by atoms with Crippen LogP contribution < -0.4 is 5.32 Å². The zero-order valence-corrected chi connectivity index (χ0v) is 11.6. The van der Waals surface area contributed by atoms with Gasteiger partial charge in [0, 0.05) is 10.9 Å². The van der Waals surface area contributed by atoms with Crippen LogP contribution in [0.1, 0.15) is 6.92 Å². The van der Waals surface area contributed by atoms with Crippen molar-refractivity contribution in [1.29, 1.82) is 0 Å². The summed E-state index contributed by atoms with van der Waals surface area (Å²) in [5.41, 5.74) is 0.613. The van der Waals surface area contributed by atoms with Crippen molar-refractivity contribution >= 4 is 46.6 Å². The van der Waals surface area contributed by atoms with Crippen LogP contribution in [0.5, 0.6) is 0 Å². The summed E-state index contributed by atoms with van der Waals surface area (Å²) in [6, 6.07) is 4.91. The van der Waals surface area contributed by atoms with Gasteiger partial charge in [0.05, 0.1) is 22.4 Å². The van der Waals surface area contributed by atoms with Crippen molar-refractivity contribution in [3.8, 4) is 0 Å². The largest absolute Gasteiger partial charge is 0.395 e. The van der Waals surface area contributed by atoms with Gasteiger partial charge in [-0.25, -0.2) is 0 Å². The molecule has 0 spiro atoms. The second kappa shape index (κ2) is 7.11. The third-order valence-corrected chi connectivity index (χ3v) is 3.85. The fourth-order valence-corrected chi connectivity index (χ4v) is 1.95. The first-order valence-corrected chi connectivity index (χ1v) is 6.80. The van der Waals surface area contributed by atoms with Gasteiger partial charge in [0.1, 0.15) is 0 Å². The molecule has 17 heavy (non-hydrogen) atoms. The number of amides is 1. The second-order valence-corrected chi connectivity index (χ2v) is 5.72. The summed E-state index contributed by atoms with van der Waals surface area (Å²) in [6.07, 6.45) is 0. The summed E-state index contributed by atoms with van der Waals surface area (Å²) in [4.78, 5) is 11.5. The molecule has 0 fully saturated rings. The van der Waals surface area contributed by atoms with E-state index < -0.39 is 0 Å². The van der Waals surface area contributed by atoms with E-state index in [2.05, 4.69) is 5.32 Å². The predicted molar refractivity (Wildman–Crippen MR) is 74.1 cm³/mol. The van der Waals surface area contributed by atoms with E-state index in [0.717, 1.165) is 0 Å². The van der Waals surface area contributed by atoms with E-state index in [-0.39, 0.29) is 17.8 Å². The molecule has 1 amide bonds. The number of halogens is 2. The van der Waals surface area contributed by atoms with Gasteiger partial charge >= 0.3 is 0 Å². The molecule has 0 saturated heterocycles. The van der Waals surface area contributed by atoms with Crippen molar-refractivity contribution in [3.63, 3.8) is 0 Å². The number of aliphatic hydroxyl groups excluding tert-OH is 1. The third kappa shape index (κ3) is 5.17. The maximum absolute atomic E-state index is 11.5. The molecule has 1 rings (SSSR count). The number of hydrogen-bond acceptors (Lipinski definition) is 3. The minimum absolute atomic E-state index is 0.0505. The van der Waals surface area contributed by atoms with E-state index >= 15 is 0 Å². The first-order chi connectivity index (χ1) is 8.02. The van der Waals surface area contributed by atoms with E-state index in [1.54, 1.807) is 18.2 Å². The van der Waals surface area contributed by atoms with Gasteiger partial charge in [-0.2, -0.15) is 0 Å². The van der Waals surface area contributed by atoms with Gasteiger partial charge in [-0.05, 0) is 18.2 Å². The van der Waals surface area contributed by atoms with Gasteiger partial charge in [0.25, 0.3) is 0 Å². The van der Waals surface area contributed by atoms with Crippen LogP contribution in [0, 0.1) is 0 Å². The van der Waals surface area contributed by atoms with E-state index in [0.29, 0.717) is 21.5 Å². The van der Waals surface area contributed by atoms with E-state index in [1.807, 2.05) is 6.92 Å². The highest BCUT2D eigenvalue weighted by atomic mass is 35.5. The number of aliphatic hydroxyl groups is 1. The second-order valence-electron chi connectivity index (χ2n) is 3.48. The van der Waals surface area contributed by atoms with Gasteiger partial charge in [-0.1, -0.05) is 30.1 Å². The van der Waals surface area contributed by atoms with Gasteiger partial charge in [0.2, 0.25) is 5.91 Å². The standard InChI is InChI=1S/C11H13Cl2NO2S/c1-7(5-15)17-6-11(16)14-8-2-3-9(12)10(13)4-8/h2-4,7,15H,5-6H2,1H3,(H,14,16). The van der Waals surface area contributed by atoms with E-state index in [1.165, 1.54) is 11.8 Å². The topological polar surface area (TPSA) is 49.3 Å². The number of nitrogens with one attached hydrogen (secondary N) is 1. The number of benzene rings is 1. The van der Waals surface area contributed by atoms with Crippen LogP contribution >= 0.6 is 35.0 Å². The smallest absolute Gasteiger partial charge is 0.234 e.